The topological polar surface area (TPSA) is 61.9 Å². The van der Waals surface area contributed by atoms with E-state index in [0.717, 1.165) is 31.6 Å². The lowest BCUT2D eigenvalue weighted by Gasteiger charge is -2.27. The Hall–Kier alpha value is -2.08. The van der Waals surface area contributed by atoms with Crippen molar-refractivity contribution in [3.05, 3.63) is 35.9 Å². The van der Waals surface area contributed by atoms with Crippen LogP contribution in [0.15, 0.2) is 30.3 Å². The largest absolute Gasteiger partial charge is 0.445 e. The molecule has 3 rings (SSSR count). The summed E-state index contributed by atoms with van der Waals surface area (Å²) in [5, 5.41) is 3.00. The average molecular weight is 359 g/mol. The highest BCUT2D eigenvalue weighted by Gasteiger charge is 2.35. The zero-order chi connectivity index (χ0) is 18.2. The summed E-state index contributed by atoms with van der Waals surface area (Å²) in [6, 6.07) is 9.19. The smallest absolute Gasteiger partial charge is 0.410 e. The summed E-state index contributed by atoms with van der Waals surface area (Å²) in [7, 11) is 0. The fourth-order valence-corrected chi connectivity index (χ4v) is 3.70. The number of hydrogen-bond acceptors (Lipinski definition) is 4. The molecule has 1 aromatic rings. The molecule has 2 aliphatic heterocycles. The minimum Gasteiger partial charge on any atom is -0.445 e. The average Bonchev–Trinajstić information content (AvgIpc) is 3.18. The summed E-state index contributed by atoms with van der Waals surface area (Å²) in [5.41, 5.74) is 0.947. The molecule has 142 valence electrons. The van der Waals surface area contributed by atoms with Crippen LogP contribution in [0, 0.1) is 0 Å². The van der Waals surface area contributed by atoms with E-state index in [1.165, 1.54) is 19.3 Å². The Morgan fingerprint density at radius 1 is 1.04 bits per heavy atom. The number of carbonyl (C=O) groups is 2. The molecular weight excluding hydrogens is 330 g/mol. The summed E-state index contributed by atoms with van der Waals surface area (Å²) < 4.78 is 5.39. The molecule has 0 spiro atoms. The fraction of sp³-hybridized carbons (Fsp3) is 0.600. The highest BCUT2D eigenvalue weighted by atomic mass is 16.6. The van der Waals surface area contributed by atoms with E-state index in [0.29, 0.717) is 19.5 Å². The molecule has 0 aromatic heterocycles. The fourth-order valence-electron chi connectivity index (χ4n) is 3.70. The second-order valence-electron chi connectivity index (χ2n) is 7.08. The maximum Gasteiger partial charge on any atom is 0.410 e. The van der Waals surface area contributed by atoms with Crippen LogP contribution in [0.3, 0.4) is 0 Å². The SMILES string of the molecule is O=C(NCCN1CCCCC1)C1CCCN1C(=O)OCc1ccccc1. The molecule has 0 aliphatic carbocycles. The zero-order valence-corrected chi connectivity index (χ0v) is 15.4. The van der Waals surface area contributed by atoms with Crippen molar-refractivity contribution in [1.82, 2.24) is 15.1 Å². The van der Waals surface area contributed by atoms with E-state index in [-0.39, 0.29) is 12.5 Å². The summed E-state index contributed by atoms with van der Waals surface area (Å²) >= 11 is 0. The summed E-state index contributed by atoms with van der Waals surface area (Å²) in [6.07, 6.45) is 4.95. The van der Waals surface area contributed by atoms with Gasteiger partial charge in [-0.15, -0.1) is 0 Å². The molecular formula is C20H29N3O3. The molecule has 2 aliphatic rings. The predicted octanol–water partition coefficient (Wildman–Crippen LogP) is 2.39. The Morgan fingerprint density at radius 2 is 1.81 bits per heavy atom. The standard InChI is InChI=1S/C20H29N3O3/c24-19(21-11-15-22-12-5-2-6-13-22)18-10-7-14-23(18)20(25)26-16-17-8-3-1-4-9-17/h1,3-4,8-9,18H,2,5-7,10-16H2,(H,21,24). The number of hydrogen-bond donors (Lipinski definition) is 1. The van der Waals surface area contributed by atoms with Gasteiger partial charge in [0.05, 0.1) is 0 Å². The summed E-state index contributed by atoms with van der Waals surface area (Å²) in [4.78, 5) is 28.8. The van der Waals surface area contributed by atoms with Gasteiger partial charge < -0.3 is 15.0 Å². The van der Waals surface area contributed by atoms with Crippen molar-refractivity contribution >= 4 is 12.0 Å². The van der Waals surface area contributed by atoms with Gasteiger partial charge in [0.1, 0.15) is 12.6 Å². The first-order valence-electron chi connectivity index (χ1n) is 9.71. The second-order valence-corrected chi connectivity index (χ2v) is 7.08. The third-order valence-electron chi connectivity index (χ3n) is 5.17. The van der Waals surface area contributed by atoms with Crippen LogP contribution >= 0.6 is 0 Å². The molecule has 0 saturated carbocycles. The molecule has 2 amide bonds. The number of piperidine rings is 1. The Balaban J connectivity index is 1.42. The van der Waals surface area contributed by atoms with Gasteiger partial charge >= 0.3 is 6.09 Å². The van der Waals surface area contributed by atoms with Gasteiger partial charge in [0.25, 0.3) is 0 Å². The number of nitrogens with zero attached hydrogens (tertiary/aromatic N) is 2. The van der Waals surface area contributed by atoms with Crippen LogP contribution in [0.1, 0.15) is 37.7 Å². The molecule has 26 heavy (non-hydrogen) atoms. The lowest BCUT2D eigenvalue weighted by Crippen LogP contribution is -2.47. The quantitative estimate of drug-likeness (QED) is 0.847. The van der Waals surface area contributed by atoms with Gasteiger partial charge in [-0.1, -0.05) is 36.8 Å². The Labute approximate surface area is 155 Å². The number of nitrogens with one attached hydrogen (secondary N) is 1. The van der Waals surface area contributed by atoms with E-state index >= 15 is 0 Å². The van der Waals surface area contributed by atoms with E-state index in [2.05, 4.69) is 10.2 Å². The minimum atomic E-state index is -0.403. The molecule has 0 bridgehead atoms. The molecule has 6 nitrogen and oxygen atoms in total. The van der Waals surface area contributed by atoms with Crippen molar-refractivity contribution in [3.8, 4) is 0 Å². The van der Waals surface area contributed by atoms with Crippen molar-refractivity contribution in [1.29, 1.82) is 0 Å². The van der Waals surface area contributed by atoms with Crippen LogP contribution in [-0.2, 0) is 16.1 Å². The second kappa shape index (κ2) is 9.57. The van der Waals surface area contributed by atoms with E-state index in [1.54, 1.807) is 4.90 Å². The third kappa shape index (κ3) is 5.21. The molecule has 2 fully saturated rings. The maximum absolute atomic E-state index is 12.5. The number of benzene rings is 1. The monoisotopic (exact) mass is 359 g/mol. The number of amides is 2. The first-order chi connectivity index (χ1) is 12.7. The normalized spacial score (nSPS) is 20.8. The van der Waals surface area contributed by atoms with Crippen molar-refractivity contribution in [3.63, 3.8) is 0 Å². The predicted molar refractivity (Wildman–Crippen MR) is 99.7 cm³/mol. The molecule has 2 saturated heterocycles. The Bertz CT molecular complexity index is 587. The summed E-state index contributed by atoms with van der Waals surface area (Å²) in [5.74, 6) is -0.0591. The van der Waals surface area contributed by atoms with Gasteiger partial charge in [-0.2, -0.15) is 0 Å². The van der Waals surface area contributed by atoms with Crippen molar-refractivity contribution < 1.29 is 14.3 Å². The number of rotatable bonds is 6. The number of ether oxygens (including phenoxy) is 1. The first-order valence-corrected chi connectivity index (χ1v) is 9.71. The molecule has 1 aromatic carbocycles. The Kier molecular flexibility index (Phi) is 6.89. The van der Waals surface area contributed by atoms with Crippen molar-refractivity contribution in [2.75, 3.05) is 32.7 Å². The van der Waals surface area contributed by atoms with E-state index in [4.69, 9.17) is 4.74 Å². The molecule has 6 heteroatoms. The molecule has 2 heterocycles. The van der Waals surface area contributed by atoms with E-state index < -0.39 is 12.1 Å². The summed E-state index contributed by atoms with van der Waals surface area (Å²) in [6.45, 7) is 4.59. The van der Waals surface area contributed by atoms with Crippen LogP contribution in [0.4, 0.5) is 4.79 Å². The van der Waals surface area contributed by atoms with Gasteiger partial charge in [-0.05, 0) is 44.3 Å². The van der Waals surface area contributed by atoms with Crippen molar-refractivity contribution in [2.24, 2.45) is 0 Å². The molecule has 0 radical (unpaired) electrons. The van der Waals surface area contributed by atoms with Crippen LogP contribution in [0.2, 0.25) is 0 Å². The van der Waals surface area contributed by atoms with Crippen molar-refractivity contribution in [2.45, 2.75) is 44.8 Å². The molecule has 1 atom stereocenters. The van der Waals surface area contributed by atoms with E-state index in [1.807, 2.05) is 30.3 Å². The lowest BCUT2D eigenvalue weighted by molar-refractivity contribution is -0.125. The highest BCUT2D eigenvalue weighted by molar-refractivity contribution is 5.86. The number of likely N-dealkylation sites (tertiary alicyclic amines) is 2. The van der Waals surface area contributed by atoms with Crippen LogP contribution in [0.25, 0.3) is 0 Å². The molecule has 1 unspecified atom stereocenters. The first kappa shape index (κ1) is 18.7. The van der Waals surface area contributed by atoms with Gasteiger partial charge in [0.2, 0.25) is 5.91 Å². The van der Waals surface area contributed by atoms with Gasteiger partial charge in [-0.3, -0.25) is 9.69 Å². The number of carbonyl (C=O) groups excluding carboxylic acids is 2. The minimum absolute atomic E-state index is 0.0591. The van der Waals surface area contributed by atoms with Crippen LogP contribution < -0.4 is 5.32 Å². The maximum atomic E-state index is 12.5. The Morgan fingerprint density at radius 3 is 2.58 bits per heavy atom. The van der Waals surface area contributed by atoms with E-state index in [9.17, 15) is 9.59 Å². The van der Waals surface area contributed by atoms with Crippen LogP contribution in [0.5, 0.6) is 0 Å². The van der Waals surface area contributed by atoms with Gasteiger partial charge in [-0.25, -0.2) is 4.79 Å². The van der Waals surface area contributed by atoms with Gasteiger partial charge in [0.15, 0.2) is 0 Å². The van der Waals surface area contributed by atoms with Gasteiger partial charge in [0, 0.05) is 19.6 Å². The lowest BCUT2D eigenvalue weighted by atomic mass is 10.1. The zero-order valence-electron chi connectivity index (χ0n) is 15.4. The highest BCUT2D eigenvalue weighted by Crippen LogP contribution is 2.19. The van der Waals surface area contributed by atoms with Crippen LogP contribution in [-0.4, -0.2) is 60.6 Å². The molecule has 1 N–H and O–H groups in total. The third-order valence-corrected chi connectivity index (χ3v) is 5.17.